The van der Waals surface area contributed by atoms with Crippen LogP contribution in [0.3, 0.4) is 0 Å². The fourth-order valence-electron chi connectivity index (χ4n) is 5.00. The molecule has 1 heterocycles. The molecule has 4 nitrogen and oxygen atoms in total. The molecule has 4 heteroatoms. The average Bonchev–Trinajstić information content (AvgIpc) is 2.85. The van der Waals surface area contributed by atoms with E-state index in [2.05, 4.69) is 4.90 Å². The number of likely N-dealkylation sites (tertiary alicyclic amines) is 1. The lowest BCUT2D eigenvalue weighted by Crippen LogP contribution is -2.44. The molecule has 0 radical (unpaired) electrons. The van der Waals surface area contributed by atoms with Gasteiger partial charge >= 0.3 is 0 Å². The smallest absolute Gasteiger partial charge is 0.117 e. The Hall–Kier alpha value is -2.66. The zero-order chi connectivity index (χ0) is 22.4. The van der Waals surface area contributed by atoms with E-state index < -0.39 is 11.7 Å². The molecule has 32 heavy (non-hydrogen) atoms. The van der Waals surface area contributed by atoms with Gasteiger partial charge in [0, 0.05) is 0 Å². The molecule has 0 aromatic heterocycles. The second kappa shape index (κ2) is 10.3. The summed E-state index contributed by atoms with van der Waals surface area (Å²) in [6, 6.07) is 26.9. The molecule has 1 atom stereocenters. The molecule has 0 bridgehead atoms. The van der Waals surface area contributed by atoms with Crippen molar-refractivity contribution in [1.82, 2.24) is 4.90 Å². The van der Waals surface area contributed by atoms with Crippen molar-refractivity contribution in [3.05, 3.63) is 102 Å². The molecule has 1 aliphatic rings. The van der Waals surface area contributed by atoms with E-state index in [1.54, 1.807) is 18.2 Å². The number of aliphatic hydroxyl groups is 2. The van der Waals surface area contributed by atoms with Crippen LogP contribution in [0.4, 0.5) is 0 Å². The lowest BCUT2D eigenvalue weighted by atomic mass is 9.72. The molecule has 1 unspecified atom stereocenters. The second-order valence-corrected chi connectivity index (χ2v) is 8.87. The topological polar surface area (TPSA) is 63.9 Å². The first-order valence-corrected chi connectivity index (χ1v) is 11.6. The third kappa shape index (κ3) is 5.04. The van der Waals surface area contributed by atoms with Crippen LogP contribution in [0.1, 0.15) is 48.5 Å². The molecule has 3 N–H and O–H groups in total. The number of rotatable bonds is 8. The van der Waals surface area contributed by atoms with Crippen molar-refractivity contribution >= 4 is 0 Å². The summed E-state index contributed by atoms with van der Waals surface area (Å²) in [4.78, 5) is 2.43. The number of aliphatic hydroxyl groups excluding tert-OH is 1. The van der Waals surface area contributed by atoms with Crippen molar-refractivity contribution < 1.29 is 15.3 Å². The number of aromatic hydroxyl groups is 1. The minimum absolute atomic E-state index is 0.154. The van der Waals surface area contributed by atoms with Crippen molar-refractivity contribution in [2.75, 3.05) is 19.6 Å². The number of phenolic OH excluding ortho intramolecular Hbond substituents is 1. The molecule has 3 aromatic rings. The van der Waals surface area contributed by atoms with E-state index >= 15 is 0 Å². The fourth-order valence-corrected chi connectivity index (χ4v) is 5.00. The number of hydrogen-bond donors (Lipinski definition) is 3. The fraction of sp³-hybridized carbons (Fsp3) is 0.357. The minimum Gasteiger partial charge on any atom is -0.508 e. The van der Waals surface area contributed by atoms with E-state index in [1.807, 2.05) is 66.7 Å². The van der Waals surface area contributed by atoms with Crippen molar-refractivity contribution in [2.24, 2.45) is 5.92 Å². The number of benzene rings is 3. The monoisotopic (exact) mass is 431 g/mol. The highest BCUT2D eigenvalue weighted by atomic mass is 16.3. The molecule has 3 aromatic carbocycles. The lowest BCUT2D eigenvalue weighted by Gasteiger charge is -2.42. The molecule has 0 saturated carbocycles. The van der Waals surface area contributed by atoms with Gasteiger partial charge in [-0.05, 0) is 80.1 Å². The van der Waals surface area contributed by atoms with Gasteiger partial charge in [-0.3, -0.25) is 0 Å². The molecule has 4 rings (SSSR count). The van der Waals surface area contributed by atoms with E-state index in [-0.39, 0.29) is 11.7 Å². The summed E-state index contributed by atoms with van der Waals surface area (Å²) in [5, 5.41) is 32.0. The van der Waals surface area contributed by atoms with Gasteiger partial charge in [-0.2, -0.15) is 0 Å². The van der Waals surface area contributed by atoms with Crippen molar-refractivity contribution in [1.29, 1.82) is 0 Å². The van der Waals surface area contributed by atoms with Gasteiger partial charge in [-0.15, -0.1) is 0 Å². The summed E-state index contributed by atoms with van der Waals surface area (Å²) in [5.41, 5.74) is 1.69. The predicted molar refractivity (Wildman–Crippen MR) is 127 cm³/mol. The number of nitrogens with zero attached hydrogens (tertiary/aromatic N) is 1. The summed E-state index contributed by atoms with van der Waals surface area (Å²) in [6.45, 7) is 2.81. The van der Waals surface area contributed by atoms with E-state index in [0.717, 1.165) is 55.6 Å². The van der Waals surface area contributed by atoms with E-state index in [1.165, 1.54) is 0 Å². The molecule has 1 fully saturated rings. The van der Waals surface area contributed by atoms with Crippen LogP contribution in [0.25, 0.3) is 0 Å². The third-order valence-corrected chi connectivity index (χ3v) is 6.81. The highest BCUT2D eigenvalue weighted by molar-refractivity contribution is 5.37. The molecular formula is C28H33NO3. The van der Waals surface area contributed by atoms with E-state index in [0.29, 0.717) is 6.42 Å². The number of phenols is 1. The van der Waals surface area contributed by atoms with E-state index in [9.17, 15) is 15.3 Å². The van der Waals surface area contributed by atoms with Crippen LogP contribution in [0.2, 0.25) is 0 Å². The minimum atomic E-state index is -0.986. The largest absolute Gasteiger partial charge is 0.508 e. The summed E-state index contributed by atoms with van der Waals surface area (Å²) in [6.07, 6.45) is 2.86. The Morgan fingerprint density at radius 2 is 1.44 bits per heavy atom. The van der Waals surface area contributed by atoms with Crippen LogP contribution in [0, 0.1) is 5.92 Å². The van der Waals surface area contributed by atoms with Gasteiger partial charge in [-0.25, -0.2) is 0 Å². The van der Waals surface area contributed by atoms with Crippen LogP contribution in [0.5, 0.6) is 5.75 Å². The van der Waals surface area contributed by atoms with Crippen LogP contribution < -0.4 is 0 Å². The van der Waals surface area contributed by atoms with Crippen molar-refractivity contribution in [3.8, 4) is 5.75 Å². The summed E-state index contributed by atoms with van der Waals surface area (Å²) in [5.74, 6) is 0.342. The predicted octanol–water partition coefficient (Wildman–Crippen LogP) is 4.85. The molecular weight excluding hydrogens is 398 g/mol. The molecule has 0 spiro atoms. The standard InChI is InChI=1S/C28H33NO3/c30-26-14-7-9-22(21-26)27(31)15-8-18-29-19-16-25(17-20-29)28(32,23-10-3-1-4-11-23)24-12-5-2-6-13-24/h1-7,9-14,21,25,27,30-32H,8,15-20H2. The number of hydrogen-bond acceptors (Lipinski definition) is 4. The van der Waals surface area contributed by atoms with Crippen molar-refractivity contribution in [3.63, 3.8) is 0 Å². The molecule has 1 aliphatic heterocycles. The normalized spacial score (nSPS) is 16.7. The first-order chi connectivity index (χ1) is 15.6. The van der Waals surface area contributed by atoms with Crippen molar-refractivity contribution in [2.45, 2.75) is 37.4 Å². The van der Waals surface area contributed by atoms with Crippen LogP contribution in [-0.4, -0.2) is 39.9 Å². The van der Waals surface area contributed by atoms with Gasteiger partial charge in [0.15, 0.2) is 0 Å². The Balaban J connectivity index is 1.35. The Labute approximate surface area is 190 Å². The van der Waals surface area contributed by atoms with Crippen LogP contribution in [-0.2, 0) is 5.60 Å². The van der Waals surface area contributed by atoms with E-state index in [4.69, 9.17) is 0 Å². The first-order valence-electron chi connectivity index (χ1n) is 11.6. The Morgan fingerprint density at radius 3 is 2.00 bits per heavy atom. The van der Waals surface area contributed by atoms with Gasteiger partial charge < -0.3 is 20.2 Å². The zero-order valence-corrected chi connectivity index (χ0v) is 18.5. The second-order valence-electron chi connectivity index (χ2n) is 8.87. The van der Waals surface area contributed by atoms with Gasteiger partial charge in [0.1, 0.15) is 11.4 Å². The maximum atomic E-state index is 12.0. The van der Waals surface area contributed by atoms with Gasteiger partial charge in [0.2, 0.25) is 0 Å². The highest BCUT2D eigenvalue weighted by Gasteiger charge is 2.41. The van der Waals surface area contributed by atoms with Crippen LogP contribution >= 0.6 is 0 Å². The average molecular weight is 432 g/mol. The summed E-state index contributed by atoms with van der Waals surface area (Å²) < 4.78 is 0. The Morgan fingerprint density at radius 1 is 0.844 bits per heavy atom. The number of piperidine rings is 1. The third-order valence-electron chi connectivity index (χ3n) is 6.81. The molecule has 168 valence electrons. The molecule has 1 saturated heterocycles. The SMILES string of the molecule is Oc1cccc(C(O)CCCN2CCC(C(O)(c3ccccc3)c3ccccc3)CC2)c1. The lowest BCUT2D eigenvalue weighted by molar-refractivity contribution is -0.0146. The van der Waals surface area contributed by atoms with Gasteiger partial charge in [0.05, 0.1) is 6.10 Å². The van der Waals surface area contributed by atoms with Gasteiger partial charge in [0.25, 0.3) is 0 Å². The first kappa shape index (κ1) is 22.5. The summed E-state index contributed by atoms with van der Waals surface area (Å²) >= 11 is 0. The summed E-state index contributed by atoms with van der Waals surface area (Å²) in [7, 11) is 0. The van der Waals surface area contributed by atoms with Gasteiger partial charge in [-0.1, -0.05) is 72.8 Å². The molecule has 0 aliphatic carbocycles. The quantitative estimate of drug-likeness (QED) is 0.477. The maximum Gasteiger partial charge on any atom is 0.117 e. The highest BCUT2D eigenvalue weighted by Crippen LogP contribution is 2.41. The Kier molecular flexibility index (Phi) is 7.26. The zero-order valence-electron chi connectivity index (χ0n) is 18.5. The molecule has 0 amide bonds. The maximum absolute atomic E-state index is 12.0. The Bertz CT molecular complexity index is 929. The van der Waals surface area contributed by atoms with Crippen LogP contribution in [0.15, 0.2) is 84.9 Å².